The Labute approximate surface area is 118 Å². The minimum Gasteiger partial charge on any atom is -0.316 e. The summed E-state index contributed by atoms with van der Waals surface area (Å²) < 4.78 is 0. The quantitative estimate of drug-likeness (QED) is 0.685. The van der Waals surface area contributed by atoms with Gasteiger partial charge in [-0.3, -0.25) is 25.0 Å². The average Bonchev–Trinajstić information content (AvgIpc) is 2.47. The number of rotatable bonds is 4. The fourth-order valence-corrected chi connectivity index (χ4v) is 1.67. The van der Waals surface area contributed by atoms with Crippen molar-refractivity contribution in [3.63, 3.8) is 0 Å². The Morgan fingerprint density at radius 2 is 1.52 bits per heavy atom. The molecule has 21 heavy (non-hydrogen) atoms. The third-order valence-electron chi connectivity index (χ3n) is 2.69. The molecule has 8 heteroatoms. The molecule has 0 aromatic heterocycles. The molecule has 2 rings (SSSR count). The highest BCUT2D eigenvalue weighted by Gasteiger charge is 2.16. The zero-order chi connectivity index (χ0) is 15.4. The summed E-state index contributed by atoms with van der Waals surface area (Å²) in [4.78, 5) is 32.1. The maximum absolute atomic E-state index is 12.0. The van der Waals surface area contributed by atoms with Gasteiger partial charge < -0.3 is 5.32 Å². The van der Waals surface area contributed by atoms with Crippen molar-refractivity contribution in [2.75, 3.05) is 5.32 Å². The predicted octanol–water partition coefficient (Wildman–Crippen LogP) is 2.76. The van der Waals surface area contributed by atoms with Gasteiger partial charge in [-0.15, -0.1) is 0 Å². The molecular weight excluding hydrogens is 278 g/mol. The van der Waals surface area contributed by atoms with Gasteiger partial charge in [0.2, 0.25) is 0 Å². The molecule has 0 bridgehead atoms. The summed E-state index contributed by atoms with van der Waals surface area (Å²) in [6.07, 6.45) is 0. The van der Waals surface area contributed by atoms with Gasteiger partial charge in [-0.1, -0.05) is 12.1 Å². The normalized spacial score (nSPS) is 9.90. The first-order valence-electron chi connectivity index (χ1n) is 5.78. The fourth-order valence-electron chi connectivity index (χ4n) is 1.67. The van der Waals surface area contributed by atoms with Crippen molar-refractivity contribution < 1.29 is 14.6 Å². The second-order valence-electron chi connectivity index (χ2n) is 4.03. The highest BCUT2D eigenvalue weighted by atomic mass is 16.6. The second kappa shape index (κ2) is 5.78. The standard InChI is InChI=1S/C13H9N3O5/c17-13(9-5-7-10(8-6-9)15(18)19)14-11-3-1-2-4-12(11)16(20)21/h1-8H,(H,14,17). The molecule has 0 unspecified atom stereocenters. The van der Waals surface area contributed by atoms with E-state index in [0.717, 1.165) is 0 Å². The Morgan fingerprint density at radius 1 is 0.905 bits per heavy atom. The molecule has 0 spiro atoms. The average molecular weight is 287 g/mol. The van der Waals surface area contributed by atoms with Gasteiger partial charge in [0, 0.05) is 23.8 Å². The molecule has 0 atom stereocenters. The van der Waals surface area contributed by atoms with Crippen LogP contribution in [-0.4, -0.2) is 15.8 Å². The number of nitrogens with zero attached hydrogens (tertiary/aromatic N) is 2. The van der Waals surface area contributed by atoms with Crippen LogP contribution in [0.2, 0.25) is 0 Å². The third-order valence-corrected chi connectivity index (χ3v) is 2.69. The Balaban J connectivity index is 2.22. The molecule has 2 aromatic carbocycles. The monoisotopic (exact) mass is 287 g/mol. The first kappa shape index (κ1) is 14.1. The molecular formula is C13H9N3O5. The van der Waals surface area contributed by atoms with E-state index < -0.39 is 15.8 Å². The van der Waals surface area contributed by atoms with Crippen LogP contribution in [-0.2, 0) is 0 Å². The Bertz CT molecular complexity index is 712. The number of hydrogen-bond acceptors (Lipinski definition) is 5. The van der Waals surface area contributed by atoms with Crippen LogP contribution in [0.25, 0.3) is 0 Å². The largest absolute Gasteiger partial charge is 0.316 e. The number of para-hydroxylation sites is 2. The molecule has 2 aromatic rings. The summed E-state index contributed by atoms with van der Waals surface area (Å²) in [6, 6.07) is 10.7. The Hall–Kier alpha value is -3.29. The van der Waals surface area contributed by atoms with E-state index in [1.807, 2.05) is 0 Å². The molecule has 1 N–H and O–H groups in total. The summed E-state index contributed by atoms with van der Waals surface area (Å²) >= 11 is 0. The smallest absolute Gasteiger partial charge is 0.292 e. The third kappa shape index (κ3) is 3.18. The minimum absolute atomic E-state index is 0.0610. The van der Waals surface area contributed by atoms with E-state index in [-0.39, 0.29) is 22.6 Å². The molecule has 0 saturated carbocycles. The Kier molecular flexibility index (Phi) is 3.89. The predicted molar refractivity (Wildman–Crippen MR) is 74.1 cm³/mol. The highest BCUT2D eigenvalue weighted by Crippen LogP contribution is 2.24. The zero-order valence-corrected chi connectivity index (χ0v) is 10.6. The van der Waals surface area contributed by atoms with Gasteiger partial charge in [-0.05, 0) is 18.2 Å². The maximum Gasteiger partial charge on any atom is 0.292 e. The van der Waals surface area contributed by atoms with E-state index in [9.17, 15) is 25.0 Å². The lowest BCUT2D eigenvalue weighted by Crippen LogP contribution is -2.13. The van der Waals surface area contributed by atoms with Crippen LogP contribution in [0.4, 0.5) is 17.1 Å². The molecule has 0 saturated heterocycles. The van der Waals surface area contributed by atoms with Crippen LogP contribution in [0.5, 0.6) is 0 Å². The first-order valence-corrected chi connectivity index (χ1v) is 5.78. The zero-order valence-electron chi connectivity index (χ0n) is 10.6. The van der Waals surface area contributed by atoms with Gasteiger partial charge in [0.05, 0.1) is 9.85 Å². The number of benzene rings is 2. The molecule has 106 valence electrons. The number of nitro benzene ring substituents is 2. The van der Waals surface area contributed by atoms with Crippen LogP contribution >= 0.6 is 0 Å². The number of anilines is 1. The number of hydrogen-bond donors (Lipinski definition) is 1. The van der Waals surface area contributed by atoms with Gasteiger partial charge >= 0.3 is 0 Å². The van der Waals surface area contributed by atoms with Crippen molar-refractivity contribution >= 4 is 23.0 Å². The van der Waals surface area contributed by atoms with Gasteiger partial charge in [0.25, 0.3) is 17.3 Å². The lowest BCUT2D eigenvalue weighted by Gasteiger charge is -2.05. The molecule has 0 heterocycles. The lowest BCUT2D eigenvalue weighted by molar-refractivity contribution is -0.384. The van der Waals surface area contributed by atoms with Crippen LogP contribution in [0.15, 0.2) is 48.5 Å². The van der Waals surface area contributed by atoms with Gasteiger partial charge in [-0.25, -0.2) is 0 Å². The van der Waals surface area contributed by atoms with E-state index >= 15 is 0 Å². The summed E-state index contributed by atoms with van der Waals surface area (Å²) in [5.74, 6) is -0.584. The van der Waals surface area contributed by atoms with Gasteiger partial charge in [-0.2, -0.15) is 0 Å². The van der Waals surface area contributed by atoms with E-state index in [1.165, 1.54) is 42.5 Å². The highest BCUT2D eigenvalue weighted by molar-refractivity contribution is 6.05. The van der Waals surface area contributed by atoms with Crippen molar-refractivity contribution in [1.82, 2.24) is 0 Å². The van der Waals surface area contributed by atoms with E-state index in [0.29, 0.717) is 0 Å². The number of carbonyl (C=O) groups excluding carboxylic acids is 1. The Morgan fingerprint density at radius 3 is 2.10 bits per heavy atom. The number of amides is 1. The SMILES string of the molecule is O=C(Nc1ccccc1[N+](=O)[O-])c1ccc([N+](=O)[O-])cc1. The summed E-state index contributed by atoms with van der Waals surface area (Å²) in [5.41, 5.74) is -0.144. The van der Waals surface area contributed by atoms with Crippen molar-refractivity contribution in [3.8, 4) is 0 Å². The number of nitro groups is 2. The lowest BCUT2D eigenvalue weighted by atomic mass is 10.2. The number of carbonyl (C=O) groups is 1. The van der Waals surface area contributed by atoms with E-state index in [4.69, 9.17) is 0 Å². The molecule has 0 aliphatic carbocycles. The van der Waals surface area contributed by atoms with E-state index in [2.05, 4.69) is 5.32 Å². The van der Waals surface area contributed by atoms with Crippen molar-refractivity contribution in [2.24, 2.45) is 0 Å². The van der Waals surface area contributed by atoms with Crippen LogP contribution in [0.1, 0.15) is 10.4 Å². The maximum atomic E-state index is 12.0. The van der Waals surface area contributed by atoms with Crippen LogP contribution in [0, 0.1) is 20.2 Å². The molecule has 8 nitrogen and oxygen atoms in total. The van der Waals surface area contributed by atoms with E-state index in [1.54, 1.807) is 6.07 Å². The summed E-state index contributed by atoms with van der Waals surface area (Å²) in [6.45, 7) is 0. The number of non-ortho nitro benzene ring substituents is 1. The molecule has 0 aliphatic rings. The van der Waals surface area contributed by atoms with Crippen molar-refractivity contribution in [3.05, 3.63) is 74.3 Å². The molecule has 1 amide bonds. The molecule has 0 fully saturated rings. The number of nitrogens with one attached hydrogen (secondary N) is 1. The summed E-state index contributed by atoms with van der Waals surface area (Å²) in [5, 5.41) is 23.8. The van der Waals surface area contributed by atoms with Crippen LogP contribution < -0.4 is 5.32 Å². The van der Waals surface area contributed by atoms with Crippen molar-refractivity contribution in [2.45, 2.75) is 0 Å². The minimum atomic E-state index is -0.606. The topological polar surface area (TPSA) is 115 Å². The van der Waals surface area contributed by atoms with Crippen molar-refractivity contribution in [1.29, 1.82) is 0 Å². The molecule has 0 radical (unpaired) electrons. The van der Waals surface area contributed by atoms with Crippen LogP contribution in [0.3, 0.4) is 0 Å². The fraction of sp³-hybridized carbons (Fsp3) is 0. The first-order chi connectivity index (χ1) is 9.99. The summed E-state index contributed by atoms with van der Waals surface area (Å²) in [7, 11) is 0. The second-order valence-corrected chi connectivity index (χ2v) is 4.03. The molecule has 0 aliphatic heterocycles. The van der Waals surface area contributed by atoms with Gasteiger partial charge in [0.15, 0.2) is 0 Å². The van der Waals surface area contributed by atoms with Gasteiger partial charge in [0.1, 0.15) is 5.69 Å².